The molecule has 2 N–H and O–H groups in total. The van der Waals surface area contributed by atoms with Gasteiger partial charge in [-0.15, -0.1) is 0 Å². The fourth-order valence-electron chi connectivity index (χ4n) is 1.59. The maximum atomic E-state index is 7.17. The maximum absolute atomic E-state index is 7.17. The van der Waals surface area contributed by atoms with Crippen molar-refractivity contribution in [3.8, 4) is 0 Å². The number of nitrogens with zero attached hydrogens (tertiary/aromatic N) is 2. The van der Waals surface area contributed by atoms with Crippen molar-refractivity contribution in [2.45, 2.75) is 34.6 Å². The van der Waals surface area contributed by atoms with Crippen molar-refractivity contribution < 1.29 is 0 Å². The topological polar surface area (TPSA) is 51.5 Å². The molecule has 0 spiro atoms. The van der Waals surface area contributed by atoms with E-state index in [-0.39, 0.29) is 5.41 Å². The molecule has 4 heteroatoms. The molecule has 0 aromatic heterocycles. The van der Waals surface area contributed by atoms with E-state index in [2.05, 4.69) is 31.2 Å². The predicted molar refractivity (Wildman–Crippen MR) is 68.2 cm³/mol. The molecule has 4 nitrogen and oxygen atoms in total. The average Bonchev–Trinajstić information content (AvgIpc) is 2.18. The van der Waals surface area contributed by atoms with Crippen molar-refractivity contribution in [1.82, 2.24) is 10.4 Å². The van der Waals surface area contributed by atoms with Crippen LogP contribution in [0.5, 0.6) is 0 Å². The van der Waals surface area contributed by atoms with E-state index in [4.69, 9.17) is 5.41 Å². The molecule has 1 heterocycles. The number of nitrogens with one attached hydrogen (secondary N) is 2. The molecule has 0 aromatic carbocycles. The minimum atomic E-state index is 0.00146. The lowest BCUT2D eigenvalue weighted by Gasteiger charge is -2.36. The second-order valence-corrected chi connectivity index (χ2v) is 4.79. The van der Waals surface area contributed by atoms with Gasteiger partial charge in [0.15, 0.2) is 0 Å². The fraction of sp³-hybridized carbons (Fsp3) is 0.500. The first-order chi connectivity index (χ1) is 7.40. The Hall–Kier alpha value is -1.58. The van der Waals surface area contributed by atoms with E-state index >= 15 is 0 Å². The van der Waals surface area contributed by atoms with Crippen molar-refractivity contribution in [2.24, 2.45) is 10.4 Å². The van der Waals surface area contributed by atoms with Crippen molar-refractivity contribution in [1.29, 1.82) is 5.41 Å². The third-order valence-electron chi connectivity index (χ3n) is 2.33. The lowest BCUT2D eigenvalue weighted by Crippen LogP contribution is -2.41. The Bertz CT molecular complexity index is 369. The van der Waals surface area contributed by atoms with Crippen LogP contribution in [0.2, 0.25) is 0 Å². The quantitative estimate of drug-likeness (QED) is 0.555. The molecule has 0 saturated heterocycles. The minimum absolute atomic E-state index is 0.00146. The standard InChI is InChI=1S/C12H20N4/c1-6-11-15-9(2)7-10(12(3,4)5)16(11)14-8-13/h6-8H,1-5H3,(H2,13,14)/b11-6-. The highest BCUT2D eigenvalue weighted by Crippen LogP contribution is 2.32. The van der Waals surface area contributed by atoms with Crippen LogP contribution in [0.1, 0.15) is 34.6 Å². The molecule has 0 aromatic rings. The zero-order chi connectivity index (χ0) is 12.3. The third-order valence-corrected chi connectivity index (χ3v) is 2.33. The van der Waals surface area contributed by atoms with Gasteiger partial charge in [-0.25, -0.2) is 10.0 Å². The number of rotatable bonds is 2. The van der Waals surface area contributed by atoms with Crippen LogP contribution in [0.25, 0.3) is 0 Å². The first-order valence-electron chi connectivity index (χ1n) is 5.39. The van der Waals surface area contributed by atoms with E-state index in [1.54, 1.807) is 0 Å². The molecule has 0 unspecified atom stereocenters. The van der Waals surface area contributed by atoms with Gasteiger partial charge in [0.2, 0.25) is 0 Å². The summed E-state index contributed by atoms with van der Waals surface area (Å²) in [5.74, 6) is 0.827. The molecule has 0 saturated carbocycles. The summed E-state index contributed by atoms with van der Waals surface area (Å²) in [6.07, 6.45) is 5.14. The molecule has 1 aliphatic rings. The zero-order valence-electron chi connectivity index (χ0n) is 10.6. The number of hydrazine groups is 1. The molecule has 1 rings (SSSR count). The van der Waals surface area contributed by atoms with Gasteiger partial charge in [0.25, 0.3) is 0 Å². The molecule has 0 bridgehead atoms. The summed E-state index contributed by atoms with van der Waals surface area (Å²) in [6, 6.07) is 0. The van der Waals surface area contributed by atoms with Gasteiger partial charge in [-0.1, -0.05) is 20.8 Å². The largest absolute Gasteiger partial charge is 0.290 e. The van der Waals surface area contributed by atoms with E-state index in [9.17, 15) is 0 Å². The normalized spacial score (nSPS) is 19.3. The maximum Gasteiger partial charge on any atom is 0.147 e. The molecule has 0 aliphatic carbocycles. The van der Waals surface area contributed by atoms with Gasteiger partial charge < -0.3 is 0 Å². The Kier molecular flexibility index (Phi) is 3.52. The summed E-state index contributed by atoms with van der Waals surface area (Å²) in [5, 5.41) is 9.02. The van der Waals surface area contributed by atoms with E-state index in [1.165, 1.54) is 6.34 Å². The van der Waals surface area contributed by atoms with Gasteiger partial charge in [-0.2, -0.15) is 0 Å². The van der Waals surface area contributed by atoms with E-state index in [1.807, 2.05) is 31.0 Å². The Labute approximate surface area is 97.2 Å². The van der Waals surface area contributed by atoms with Gasteiger partial charge >= 0.3 is 0 Å². The summed E-state index contributed by atoms with van der Waals surface area (Å²) in [4.78, 5) is 4.43. The number of hydrogen-bond acceptors (Lipinski definition) is 3. The zero-order valence-corrected chi connectivity index (χ0v) is 10.6. The second-order valence-electron chi connectivity index (χ2n) is 4.79. The SMILES string of the molecule is C/C=C1/N=C(C)C=C(C(C)(C)C)N1NC=N. The van der Waals surface area contributed by atoms with Gasteiger partial charge in [-0.05, 0) is 26.0 Å². The summed E-state index contributed by atoms with van der Waals surface area (Å²) < 4.78 is 0. The van der Waals surface area contributed by atoms with E-state index < -0.39 is 0 Å². The molecule has 16 heavy (non-hydrogen) atoms. The second kappa shape index (κ2) is 4.51. The van der Waals surface area contributed by atoms with Crippen LogP contribution >= 0.6 is 0 Å². The smallest absolute Gasteiger partial charge is 0.147 e. The molecule has 0 fully saturated rings. The van der Waals surface area contributed by atoms with Crippen LogP contribution in [-0.4, -0.2) is 17.1 Å². The Balaban J connectivity index is 3.20. The van der Waals surface area contributed by atoms with E-state index in [0.29, 0.717) is 0 Å². The van der Waals surface area contributed by atoms with Gasteiger partial charge in [0.05, 0.1) is 6.34 Å². The number of hydrogen-bond donors (Lipinski definition) is 2. The van der Waals surface area contributed by atoms with E-state index in [0.717, 1.165) is 17.2 Å². The summed E-state index contributed by atoms with van der Waals surface area (Å²) in [6.45, 7) is 10.4. The highest BCUT2D eigenvalue weighted by molar-refractivity contribution is 5.95. The van der Waals surface area contributed by atoms with Crippen molar-refractivity contribution >= 4 is 12.1 Å². The summed E-state index contributed by atoms with van der Waals surface area (Å²) in [5.41, 5.74) is 4.99. The predicted octanol–water partition coefficient (Wildman–Crippen LogP) is 2.67. The van der Waals surface area contributed by atoms with Crippen LogP contribution in [0.15, 0.2) is 28.7 Å². The molecule has 88 valence electrons. The lowest BCUT2D eigenvalue weighted by molar-refractivity contribution is 0.285. The highest BCUT2D eigenvalue weighted by Gasteiger charge is 2.27. The van der Waals surface area contributed by atoms with Crippen molar-refractivity contribution in [2.75, 3.05) is 0 Å². The fourth-order valence-corrected chi connectivity index (χ4v) is 1.59. The Morgan fingerprint density at radius 3 is 2.50 bits per heavy atom. The van der Waals surface area contributed by atoms with Gasteiger partial charge in [0.1, 0.15) is 5.82 Å². The van der Waals surface area contributed by atoms with Crippen molar-refractivity contribution in [3.05, 3.63) is 23.7 Å². The summed E-state index contributed by atoms with van der Waals surface area (Å²) >= 11 is 0. The first-order valence-corrected chi connectivity index (χ1v) is 5.39. The summed E-state index contributed by atoms with van der Waals surface area (Å²) in [7, 11) is 0. The minimum Gasteiger partial charge on any atom is -0.290 e. The lowest BCUT2D eigenvalue weighted by atomic mass is 9.90. The molecule has 0 radical (unpaired) electrons. The van der Waals surface area contributed by atoms with Crippen LogP contribution in [0, 0.1) is 10.8 Å². The molecular formula is C12H20N4. The highest BCUT2D eigenvalue weighted by atomic mass is 15.5. The molecule has 0 amide bonds. The molecule has 1 aliphatic heterocycles. The Morgan fingerprint density at radius 1 is 1.44 bits per heavy atom. The first kappa shape index (κ1) is 12.5. The monoisotopic (exact) mass is 220 g/mol. The number of allylic oxidation sites excluding steroid dienone is 3. The molecule has 0 atom stereocenters. The average molecular weight is 220 g/mol. The number of aliphatic imine (C=N–C) groups is 1. The van der Waals surface area contributed by atoms with Gasteiger partial charge in [-0.3, -0.25) is 10.8 Å². The van der Waals surface area contributed by atoms with Crippen LogP contribution < -0.4 is 5.43 Å². The van der Waals surface area contributed by atoms with Crippen molar-refractivity contribution in [3.63, 3.8) is 0 Å². The van der Waals surface area contributed by atoms with Crippen LogP contribution in [0.4, 0.5) is 0 Å². The molecular weight excluding hydrogens is 200 g/mol. The van der Waals surface area contributed by atoms with Crippen LogP contribution in [-0.2, 0) is 0 Å². The van der Waals surface area contributed by atoms with Gasteiger partial charge in [0, 0.05) is 16.8 Å². The van der Waals surface area contributed by atoms with Crippen LogP contribution in [0.3, 0.4) is 0 Å². The third kappa shape index (κ3) is 2.51. The Morgan fingerprint density at radius 2 is 2.06 bits per heavy atom.